The molecule has 0 spiro atoms. The molecule has 5 heteroatoms. The van der Waals surface area contributed by atoms with E-state index >= 15 is 0 Å². The van der Waals surface area contributed by atoms with Crippen LogP contribution in [0, 0.1) is 13.8 Å². The highest BCUT2D eigenvalue weighted by atomic mass is 16.7. The van der Waals surface area contributed by atoms with E-state index in [0.29, 0.717) is 12.1 Å². The van der Waals surface area contributed by atoms with Gasteiger partial charge in [0.15, 0.2) is 11.5 Å². The number of aromatic amines is 1. The van der Waals surface area contributed by atoms with Crippen LogP contribution in [0.2, 0.25) is 0 Å². The number of aryl methyl sites for hydroxylation is 2. The average Bonchev–Trinajstić information content (AvgIpc) is 3.14. The van der Waals surface area contributed by atoms with Crippen LogP contribution in [0.3, 0.4) is 0 Å². The highest BCUT2D eigenvalue weighted by Gasteiger charge is 2.17. The molecule has 0 saturated heterocycles. The van der Waals surface area contributed by atoms with E-state index in [1.807, 2.05) is 44.2 Å². The van der Waals surface area contributed by atoms with Gasteiger partial charge < -0.3 is 19.8 Å². The number of nitrogens with one attached hydrogen (secondary N) is 2. The van der Waals surface area contributed by atoms with Gasteiger partial charge >= 0.3 is 0 Å². The van der Waals surface area contributed by atoms with Crippen LogP contribution in [0.1, 0.15) is 27.2 Å². The van der Waals surface area contributed by atoms with E-state index in [4.69, 9.17) is 9.47 Å². The first-order valence-electron chi connectivity index (χ1n) is 7.87. The molecule has 0 atom stereocenters. The Morgan fingerprint density at radius 2 is 1.96 bits per heavy atom. The molecule has 0 fully saturated rings. The van der Waals surface area contributed by atoms with Gasteiger partial charge in [-0.05, 0) is 43.2 Å². The zero-order valence-electron chi connectivity index (χ0n) is 13.6. The maximum Gasteiger partial charge on any atom is 0.253 e. The Balaban J connectivity index is 1.55. The minimum Gasteiger partial charge on any atom is -0.454 e. The van der Waals surface area contributed by atoms with Crippen molar-refractivity contribution in [2.45, 2.75) is 20.4 Å². The zero-order chi connectivity index (χ0) is 16.7. The first-order chi connectivity index (χ1) is 11.6. The molecule has 0 unspecified atom stereocenters. The first-order valence-corrected chi connectivity index (χ1v) is 7.87. The molecule has 3 aromatic rings. The van der Waals surface area contributed by atoms with Gasteiger partial charge in [-0.3, -0.25) is 4.79 Å². The minimum atomic E-state index is -0.0831. The van der Waals surface area contributed by atoms with Crippen LogP contribution in [0.5, 0.6) is 11.5 Å². The van der Waals surface area contributed by atoms with Crippen molar-refractivity contribution in [3.8, 4) is 11.5 Å². The second-order valence-corrected chi connectivity index (χ2v) is 6.04. The van der Waals surface area contributed by atoms with Crippen molar-refractivity contribution in [3.05, 3.63) is 58.8 Å². The number of amides is 1. The molecule has 24 heavy (non-hydrogen) atoms. The Bertz CT molecular complexity index is 943. The lowest BCUT2D eigenvalue weighted by Gasteiger charge is -2.07. The molecule has 0 aliphatic carbocycles. The van der Waals surface area contributed by atoms with E-state index in [2.05, 4.69) is 16.4 Å². The number of aromatic nitrogens is 1. The number of carbonyl (C=O) groups is 1. The van der Waals surface area contributed by atoms with Crippen molar-refractivity contribution in [2.24, 2.45) is 0 Å². The van der Waals surface area contributed by atoms with Crippen LogP contribution >= 0.6 is 0 Å². The molecule has 0 bridgehead atoms. The summed E-state index contributed by atoms with van der Waals surface area (Å²) in [5, 5.41) is 3.93. The van der Waals surface area contributed by atoms with Crippen LogP contribution in [-0.4, -0.2) is 17.7 Å². The molecule has 2 N–H and O–H groups in total. The highest BCUT2D eigenvalue weighted by molar-refractivity contribution is 6.08. The smallest absolute Gasteiger partial charge is 0.253 e. The Hall–Kier alpha value is -2.95. The van der Waals surface area contributed by atoms with Crippen LogP contribution in [0.25, 0.3) is 10.9 Å². The fourth-order valence-corrected chi connectivity index (χ4v) is 3.06. The molecule has 122 valence electrons. The van der Waals surface area contributed by atoms with Gasteiger partial charge in [-0.25, -0.2) is 0 Å². The third kappa shape index (κ3) is 2.48. The van der Waals surface area contributed by atoms with Gasteiger partial charge in [-0.1, -0.05) is 18.2 Å². The van der Waals surface area contributed by atoms with Crippen molar-refractivity contribution in [1.29, 1.82) is 0 Å². The Labute approximate surface area is 139 Å². The van der Waals surface area contributed by atoms with Gasteiger partial charge in [-0.2, -0.15) is 0 Å². The van der Waals surface area contributed by atoms with Crippen molar-refractivity contribution in [2.75, 3.05) is 6.79 Å². The summed E-state index contributed by atoms with van der Waals surface area (Å²) in [6.45, 7) is 4.65. The fourth-order valence-electron chi connectivity index (χ4n) is 3.06. The number of carbonyl (C=O) groups excluding carboxylic acids is 1. The number of H-pyrrole nitrogens is 1. The van der Waals surface area contributed by atoms with Crippen LogP contribution in [-0.2, 0) is 6.54 Å². The lowest BCUT2D eigenvalue weighted by atomic mass is 10.1. The summed E-state index contributed by atoms with van der Waals surface area (Å²) >= 11 is 0. The summed E-state index contributed by atoms with van der Waals surface area (Å²) in [5.74, 6) is 1.38. The number of benzene rings is 2. The Kier molecular flexibility index (Phi) is 3.41. The van der Waals surface area contributed by atoms with E-state index in [1.165, 1.54) is 0 Å². The topological polar surface area (TPSA) is 63.4 Å². The molecular weight excluding hydrogens is 304 g/mol. The summed E-state index contributed by atoms with van der Waals surface area (Å²) in [6.07, 6.45) is 0. The van der Waals surface area contributed by atoms with Gasteiger partial charge in [-0.15, -0.1) is 0 Å². The molecule has 1 aliphatic heterocycles. The van der Waals surface area contributed by atoms with E-state index in [9.17, 15) is 4.79 Å². The molecule has 2 heterocycles. The monoisotopic (exact) mass is 322 g/mol. The molecule has 0 radical (unpaired) electrons. The van der Waals surface area contributed by atoms with Crippen LogP contribution < -0.4 is 14.8 Å². The Morgan fingerprint density at radius 1 is 1.12 bits per heavy atom. The molecule has 4 rings (SSSR count). The number of rotatable bonds is 3. The average molecular weight is 322 g/mol. The van der Waals surface area contributed by atoms with E-state index in [1.54, 1.807) is 0 Å². The maximum absolute atomic E-state index is 12.6. The van der Waals surface area contributed by atoms with Gasteiger partial charge in [0, 0.05) is 23.1 Å². The fraction of sp³-hybridized carbons (Fsp3) is 0.211. The van der Waals surface area contributed by atoms with Gasteiger partial charge in [0.1, 0.15) is 0 Å². The quantitative estimate of drug-likeness (QED) is 0.776. The second kappa shape index (κ2) is 5.60. The highest BCUT2D eigenvalue weighted by Crippen LogP contribution is 2.32. The second-order valence-electron chi connectivity index (χ2n) is 6.04. The summed E-state index contributed by atoms with van der Waals surface area (Å²) in [4.78, 5) is 15.9. The summed E-state index contributed by atoms with van der Waals surface area (Å²) < 4.78 is 10.7. The molecule has 5 nitrogen and oxygen atoms in total. The molecule has 0 saturated carbocycles. The lowest BCUT2D eigenvalue weighted by Crippen LogP contribution is -2.23. The third-order valence-corrected chi connectivity index (χ3v) is 4.26. The molecular formula is C19H18N2O3. The lowest BCUT2D eigenvalue weighted by molar-refractivity contribution is 0.0952. The van der Waals surface area contributed by atoms with Gasteiger partial charge in [0.2, 0.25) is 6.79 Å². The number of ether oxygens (including phenoxy) is 2. The molecule has 2 aromatic carbocycles. The maximum atomic E-state index is 12.6. The van der Waals surface area contributed by atoms with E-state index in [-0.39, 0.29) is 12.7 Å². The van der Waals surface area contributed by atoms with Crippen LogP contribution in [0.4, 0.5) is 0 Å². The molecule has 1 aliphatic rings. The van der Waals surface area contributed by atoms with Crippen molar-refractivity contribution in [1.82, 2.24) is 10.3 Å². The number of fused-ring (bicyclic) bond motifs is 2. The van der Waals surface area contributed by atoms with Crippen molar-refractivity contribution in [3.63, 3.8) is 0 Å². The molecule has 1 amide bonds. The number of hydrogen-bond acceptors (Lipinski definition) is 3. The van der Waals surface area contributed by atoms with Crippen molar-refractivity contribution >= 4 is 16.8 Å². The predicted molar refractivity (Wildman–Crippen MR) is 91.5 cm³/mol. The Morgan fingerprint density at radius 3 is 2.83 bits per heavy atom. The summed E-state index contributed by atoms with van der Waals surface area (Å²) in [7, 11) is 0. The standard InChI is InChI=1S/C19H18N2O3/c1-11-3-5-14-15(7-11)21-12(2)18(14)19(22)20-9-13-4-6-16-17(8-13)24-10-23-16/h3-8,21H,9-10H2,1-2H3,(H,20,22). The first kappa shape index (κ1) is 14.6. The summed E-state index contributed by atoms with van der Waals surface area (Å²) in [5.41, 5.74) is 4.70. The van der Waals surface area contributed by atoms with E-state index < -0.39 is 0 Å². The van der Waals surface area contributed by atoms with Crippen molar-refractivity contribution < 1.29 is 14.3 Å². The zero-order valence-corrected chi connectivity index (χ0v) is 13.6. The third-order valence-electron chi connectivity index (χ3n) is 4.26. The minimum absolute atomic E-state index is 0.0831. The largest absolute Gasteiger partial charge is 0.454 e. The van der Waals surface area contributed by atoms with Gasteiger partial charge in [0.05, 0.1) is 5.56 Å². The normalized spacial score (nSPS) is 12.6. The SMILES string of the molecule is Cc1ccc2c(C(=O)NCc3ccc4c(c3)OCO4)c(C)[nH]c2c1. The number of hydrogen-bond donors (Lipinski definition) is 2. The summed E-state index contributed by atoms with van der Waals surface area (Å²) in [6, 6.07) is 11.8. The van der Waals surface area contributed by atoms with Crippen LogP contribution in [0.15, 0.2) is 36.4 Å². The predicted octanol–water partition coefficient (Wildman–Crippen LogP) is 3.44. The molecule has 1 aromatic heterocycles. The van der Waals surface area contributed by atoms with E-state index in [0.717, 1.165) is 39.2 Å². The van der Waals surface area contributed by atoms with Gasteiger partial charge in [0.25, 0.3) is 5.91 Å².